The standard InChI is InChI=1S/C20H30N2O3/c1-24-14-11-22-10-7-17(16-22)15-21-19(23)20(8-12-25-13-9-20)18-5-3-2-4-6-18/h2-6,17H,7-16H2,1H3,(H,21,23). The number of carbonyl (C=O) groups excluding carboxylic acids is 1. The van der Waals surface area contributed by atoms with Crippen LogP contribution in [0.5, 0.6) is 0 Å². The van der Waals surface area contributed by atoms with Crippen molar-refractivity contribution < 1.29 is 14.3 Å². The smallest absolute Gasteiger partial charge is 0.230 e. The summed E-state index contributed by atoms with van der Waals surface area (Å²) in [5.74, 6) is 0.700. The van der Waals surface area contributed by atoms with Crippen molar-refractivity contribution in [1.82, 2.24) is 10.2 Å². The first-order valence-electron chi connectivity index (χ1n) is 9.37. The summed E-state index contributed by atoms with van der Waals surface area (Å²) in [6, 6.07) is 10.2. The van der Waals surface area contributed by atoms with E-state index in [9.17, 15) is 4.79 Å². The zero-order chi connectivity index (χ0) is 17.5. The number of benzene rings is 1. The molecule has 5 heteroatoms. The van der Waals surface area contributed by atoms with Crippen LogP contribution in [0.3, 0.4) is 0 Å². The van der Waals surface area contributed by atoms with Gasteiger partial charge in [0.25, 0.3) is 0 Å². The summed E-state index contributed by atoms with van der Waals surface area (Å²) in [7, 11) is 1.74. The van der Waals surface area contributed by atoms with Gasteiger partial charge < -0.3 is 19.7 Å². The van der Waals surface area contributed by atoms with Gasteiger partial charge in [-0.05, 0) is 37.3 Å². The van der Waals surface area contributed by atoms with Gasteiger partial charge in [-0.25, -0.2) is 0 Å². The Morgan fingerprint density at radius 2 is 2.08 bits per heavy atom. The molecule has 3 rings (SSSR count). The lowest BCUT2D eigenvalue weighted by atomic mass is 9.73. The Morgan fingerprint density at radius 3 is 2.80 bits per heavy atom. The maximum Gasteiger partial charge on any atom is 0.230 e. The van der Waals surface area contributed by atoms with Crippen LogP contribution in [0.25, 0.3) is 0 Å². The minimum Gasteiger partial charge on any atom is -0.383 e. The van der Waals surface area contributed by atoms with E-state index >= 15 is 0 Å². The summed E-state index contributed by atoms with van der Waals surface area (Å²) in [4.78, 5) is 15.5. The fourth-order valence-electron chi connectivity index (χ4n) is 4.03. The Morgan fingerprint density at radius 1 is 1.32 bits per heavy atom. The first-order valence-corrected chi connectivity index (χ1v) is 9.37. The number of likely N-dealkylation sites (tertiary alicyclic amines) is 1. The number of nitrogens with one attached hydrogen (secondary N) is 1. The molecule has 5 nitrogen and oxygen atoms in total. The van der Waals surface area contributed by atoms with E-state index in [2.05, 4.69) is 22.3 Å². The Hall–Kier alpha value is -1.43. The molecule has 2 fully saturated rings. The molecule has 0 spiro atoms. The number of methoxy groups -OCH3 is 1. The van der Waals surface area contributed by atoms with E-state index in [1.165, 1.54) is 0 Å². The largest absolute Gasteiger partial charge is 0.383 e. The molecular weight excluding hydrogens is 316 g/mol. The van der Waals surface area contributed by atoms with Crippen molar-refractivity contribution in [3.8, 4) is 0 Å². The van der Waals surface area contributed by atoms with Crippen LogP contribution in [-0.2, 0) is 19.7 Å². The number of nitrogens with zero attached hydrogens (tertiary/aromatic N) is 1. The van der Waals surface area contributed by atoms with Crippen LogP contribution in [0.15, 0.2) is 30.3 Å². The number of carbonyl (C=O) groups is 1. The summed E-state index contributed by atoms with van der Waals surface area (Å²) in [5, 5.41) is 3.26. The molecule has 1 aromatic rings. The SMILES string of the molecule is COCCN1CCC(CNC(=O)C2(c3ccccc3)CCOCC2)C1. The van der Waals surface area contributed by atoms with E-state index in [1.807, 2.05) is 18.2 Å². The summed E-state index contributed by atoms with van der Waals surface area (Å²) < 4.78 is 10.7. The fraction of sp³-hybridized carbons (Fsp3) is 0.650. The number of hydrogen-bond acceptors (Lipinski definition) is 4. The molecule has 138 valence electrons. The third-order valence-corrected chi connectivity index (χ3v) is 5.64. The molecule has 1 amide bonds. The van der Waals surface area contributed by atoms with Gasteiger partial charge >= 0.3 is 0 Å². The lowest BCUT2D eigenvalue weighted by Crippen LogP contribution is -2.49. The minimum atomic E-state index is -0.437. The van der Waals surface area contributed by atoms with Gasteiger partial charge in [-0.3, -0.25) is 4.79 Å². The zero-order valence-electron chi connectivity index (χ0n) is 15.2. The quantitative estimate of drug-likeness (QED) is 0.818. The van der Waals surface area contributed by atoms with Gasteiger partial charge in [0.15, 0.2) is 0 Å². The van der Waals surface area contributed by atoms with Crippen LogP contribution >= 0.6 is 0 Å². The van der Waals surface area contributed by atoms with Crippen molar-refractivity contribution >= 4 is 5.91 Å². The second-order valence-corrected chi connectivity index (χ2v) is 7.22. The Balaban J connectivity index is 1.58. The van der Waals surface area contributed by atoms with E-state index in [-0.39, 0.29) is 5.91 Å². The van der Waals surface area contributed by atoms with Crippen LogP contribution in [-0.4, -0.2) is 63.9 Å². The van der Waals surface area contributed by atoms with Crippen molar-refractivity contribution in [2.24, 2.45) is 5.92 Å². The highest BCUT2D eigenvalue weighted by Crippen LogP contribution is 2.35. The van der Waals surface area contributed by atoms with Crippen molar-refractivity contribution in [3.63, 3.8) is 0 Å². The molecule has 25 heavy (non-hydrogen) atoms. The number of amides is 1. The molecule has 0 saturated carbocycles. The lowest BCUT2D eigenvalue weighted by molar-refractivity contribution is -0.130. The van der Waals surface area contributed by atoms with E-state index < -0.39 is 5.41 Å². The monoisotopic (exact) mass is 346 g/mol. The highest BCUT2D eigenvalue weighted by molar-refractivity contribution is 5.88. The normalized spacial score (nSPS) is 23.5. The predicted molar refractivity (Wildman–Crippen MR) is 97.6 cm³/mol. The van der Waals surface area contributed by atoms with E-state index in [4.69, 9.17) is 9.47 Å². The molecule has 0 aromatic heterocycles. The summed E-state index contributed by atoms with van der Waals surface area (Å²) in [5.41, 5.74) is 0.678. The molecule has 2 aliphatic heterocycles. The Labute approximate surface area is 150 Å². The van der Waals surface area contributed by atoms with Crippen molar-refractivity contribution in [1.29, 1.82) is 0 Å². The van der Waals surface area contributed by atoms with E-state index in [0.29, 0.717) is 19.1 Å². The molecule has 0 aliphatic carbocycles. The zero-order valence-corrected chi connectivity index (χ0v) is 15.2. The van der Waals surface area contributed by atoms with Crippen LogP contribution in [0.1, 0.15) is 24.8 Å². The molecule has 2 saturated heterocycles. The van der Waals surface area contributed by atoms with Crippen LogP contribution < -0.4 is 5.32 Å². The predicted octanol–water partition coefficient (Wildman–Crippen LogP) is 1.82. The molecule has 2 heterocycles. The van der Waals surface area contributed by atoms with Gasteiger partial charge in [0.2, 0.25) is 5.91 Å². The molecule has 1 N–H and O–H groups in total. The molecule has 1 unspecified atom stereocenters. The first-order chi connectivity index (χ1) is 12.2. The first kappa shape index (κ1) is 18.4. The summed E-state index contributed by atoms with van der Waals surface area (Å²) in [6.07, 6.45) is 2.66. The highest BCUT2D eigenvalue weighted by atomic mass is 16.5. The van der Waals surface area contributed by atoms with Gasteiger partial charge in [-0.15, -0.1) is 0 Å². The second-order valence-electron chi connectivity index (χ2n) is 7.22. The van der Waals surface area contributed by atoms with Crippen molar-refractivity contribution in [3.05, 3.63) is 35.9 Å². The maximum absolute atomic E-state index is 13.1. The number of hydrogen-bond donors (Lipinski definition) is 1. The topological polar surface area (TPSA) is 50.8 Å². The lowest BCUT2D eigenvalue weighted by Gasteiger charge is -2.36. The fourth-order valence-corrected chi connectivity index (χ4v) is 4.03. The van der Waals surface area contributed by atoms with Gasteiger partial charge in [0, 0.05) is 40.0 Å². The van der Waals surface area contributed by atoms with Gasteiger partial charge in [0.05, 0.1) is 12.0 Å². The molecule has 1 atom stereocenters. The Kier molecular flexibility index (Phi) is 6.45. The third kappa shape index (κ3) is 4.40. The van der Waals surface area contributed by atoms with Crippen molar-refractivity contribution in [2.75, 3.05) is 53.1 Å². The average Bonchev–Trinajstić information content (AvgIpc) is 3.13. The second kappa shape index (κ2) is 8.79. The van der Waals surface area contributed by atoms with Gasteiger partial charge in [-0.1, -0.05) is 30.3 Å². The molecule has 0 bridgehead atoms. The van der Waals surface area contributed by atoms with Gasteiger partial charge in [-0.2, -0.15) is 0 Å². The molecule has 0 radical (unpaired) electrons. The minimum absolute atomic E-state index is 0.164. The van der Waals surface area contributed by atoms with Crippen LogP contribution in [0.4, 0.5) is 0 Å². The van der Waals surface area contributed by atoms with E-state index in [0.717, 1.165) is 57.6 Å². The molecular formula is C20H30N2O3. The molecule has 2 aliphatic rings. The third-order valence-electron chi connectivity index (χ3n) is 5.64. The average molecular weight is 346 g/mol. The molecule has 1 aromatic carbocycles. The number of ether oxygens (including phenoxy) is 2. The number of rotatable bonds is 7. The van der Waals surface area contributed by atoms with Crippen LogP contribution in [0, 0.1) is 5.92 Å². The van der Waals surface area contributed by atoms with Crippen molar-refractivity contribution in [2.45, 2.75) is 24.7 Å². The summed E-state index contributed by atoms with van der Waals surface area (Å²) >= 11 is 0. The highest BCUT2D eigenvalue weighted by Gasteiger charge is 2.41. The summed E-state index contributed by atoms with van der Waals surface area (Å²) in [6.45, 7) is 5.96. The Bertz CT molecular complexity index is 543. The maximum atomic E-state index is 13.1. The van der Waals surface area contributed by atoms with E-state index in [1.54, 1.807) is 7.11 Å². The van der Waals surface area contributed by atoms with Gasteiger partial charge in [0.1, 0.15) is 0 Å². The van der Waals surface area contributed by atoms with Crippen LogP contribution in [0.2, 0.25) is 0 Å².